The Morgan fingerprint density at radius 2 is 1.75 bits per heavy atom. The van der Waals surface area contributed by atoms with Gasteiger partial charge in [0.1, 0.15) is 5.82 Å². The highest BCUT2D eigenvalue weighted by Crippen LogP contribution is 2.28. The summed E-state index contributed by atoms with van der Waals surface area (Å²) in [6, 6.07) is 8.62. The molecule has 6 nitrogen and oxygen atoms in total. The van der Waals surface area contributed by atoms with E-state index in [9.17, 15) is 14.0 Å². The summed E-state index contributed by atoms with van der Waals surface area (Å²) in [5, 5.41) is 0. The van der Waals surface area contributed by atoms with E-state index in [2.05, 4.69) is 24.7 Å². The number of aryl methyl sites for hydroxylation is 1. The molecule has 2 N–H and O–H groups in total. The summed E-state index contributed by atoms with van der Waals surface area (Å²) in [4.78, 5) is 24.5. The Morgan fingerprint density at radius 1 is 1.04 bits per heavy atom. The monoisotopic (exact) mass is 388 g/mol. The van der Waals surface area contributed by atoms with Crippen LogP contribution in [0.2, 0.25) is 0 Å². The summed E-state index contributed by atoms with van der Waals surface area (Å²) >= 11 is 0. The fourth-order valence-electron chi connectivity index (χ4n) is 2.42. The van der Waals surface area contributed by atoms with Crippen molar-refractivity contribution in [3.8, 4) is 11.5 Å². The van der Waals surface area contributed by atoms with E-state index in [1.54, 1.807) is 19.1 Å². The molecule has 150 valence electrons. The third kappa shape index (κ3) is 5.70. The first kappa shape index (κ1) is 21.2. The number of rotatable bonds is 7. The summed E-state index contributed by atoms with van der Waals surface area (Å²) in [6.07, 6.45) is 0.900. The van der Waals surface area contributed by atoms with Crippen molar-refractivity contribution in [3.63, 3.8) is 0 Å². The van der Waals surface area contributed by atoms with Gasteiger partial charge in [-0.15, -0.1) is 0 Å². The van der Waals surface area contributed by atoms with Gasteiger partial charge in [-0.3, -0.25) is 20.4 Å². The van der Waals surface area contributed by atoms with Gasteiger partial charge in [-0.2, -0.15) is 0 Å². The molecule has 0 aromatic heterocycles. The third-order valence-corrected chi connectivity index (χ3v) is 4.11. The van der Waals surface area contributed by atoms with E-state index in [0.29, 0.717) is 29.6 Å². The van der Waals surface area contributed by atoms with E-state index in [0.717, 1.165) is 12.5 Å². The number of carbonyl (C=O) groups is 2. The molecule has 7 heteroatoms. The van der Waals surface area contributed by atoms with Crippen molar-refractivity contribution in [1.29, 1.82) is 0 Å². The van der Waals surface area contributed by atoms with Crippen LogP contribution in [0.4, 0.5) is 4.39 Å². The molecular weight excluding hydrogens is 363 g/mol. The molecule has 0 spiro atoms. The Bertz CT molecular complexity index is 852. The highest BCUT2D eigenvalue weighted by molar-refractivity contribution is 6.00. The zero-order chi connectivity index (χ0) is 20.7. The van der Waals surface area contributed by atoms with Crippen LogP contribution >= 0.6 is 0 Å². The fourth-order valence-corrected chi connectivity index (χ4v) is 2.42. The van der Waals surface area contributed by atoms with Crippen LogP contribution in [0.25, 0.3) is 0 Å². The molecule has 0 saturated heterocycles. The quantitative estimate of drug-likeness (QED) is 0.710. The van der Waals surface area contributed by atoms with Crippen molar-refractivity contribution < 1.29 is 23.5 Å². The maximum Gasteiger partial charge on any atom is 0.270 e. The number of benzene rings is 2. The molecular formula is C21H25FN2O4. The average molecular weight is 388 g/mol. The smallest absolute Gasteiger partial charge is 0.270 e. The molecule has 2 aromatic carbocycles. The van der Waals surface area contributed by atoms with Crippen LogP contribution in [0.5, 0.6) is 11.5 Å². The largest absolute Gasteiger partial charge is 0.493 e. The number of amides is 2. The Labute approximate surface area is 164 Å². The van der Waals surface area contributed by atoms with E-state index in [-0.39, 0.29) is 11.1 Å². The number of hydrogen-bond donors (Lipinski definition) is 2. The maximum atomic E-state index is 13.3. The van der Waals surface area contributed by atoms with E-state index < -0.39 is 17.6 Å². The van der Waals surface area contributed by atoms with E-state index in [1.807, 2.05) is 0 Å². The SMILES string of the molecule is COc1cc(C(=O)NNC(=O)c2cc(F)ccc2C)ccc1OCCC(C)C. The first-order chi connectivity index (χ1) is 13.3. The molecule has 0 aliphatic rings. The summed E-state index contributed by atoms with van der Waals surface area (Å²) in [7, 11) is 1.49. The molecule has 0 heterocycles. The minimum atomic E-state index is -0.606. The van der Waals surface area contributed by atoms with Crippen molar-refractivity contribution >= 4 is 11.8 Å². The van der Waals surface area contributed by atoms with Gasteiger partial charge >= 0.3 is 0 Å². The molecule has 28 heavy (non-hydrogen) atoms. The summed E-state index contributed by atoms with van der Waals surface area (Å²) in [5.41, 5.74) is 5.62. The number of hydrogen-bond acceptors (Lipinski definition) is 4. The van der Waals surface area contributed by atoms with Crippen molar-refractivity contribution in [2.75, 3.05) is 13.7 Å². The highest BCUT2D eigenvalue weighted by Gasteiger charge is 2.14. The molecule has 2 aromatic rings. The van der Waals surface area contributed by atoms with Gasteiger partial charge in [-0.25, -0.2) is 4.39 Å². The second kappa shape index (κ2) is 9.73. The molecule has 2 rings (SSSR count). The molecule has 2 amide bonds. The maximum absolute atomic E-state index is 13.3. The number of ether oxygens (including phenoxy) is 2. The Kier molecular flexibility index (Phi) is 7.37. The van der Waals surface area contributed by atoms with Gasteiger partial charge in [0.2, 0.25) is 0 Å². The average Bonchev–Trinajstić information content (AvgIpc) is 2.67. The van der Waals surface area contributed by atoms with Crippen LogP contribution in [-0.4, -0.2) is 25.5 Å². The van der Waals surface area contributed by atoms with Gasteiger partial charge in [0.25, 0.3) is 11.8 Å². The number of carbonyl (C=O) groups excluding carboxylic acids is 2. The zero-order valence-corrected chi connectivity index (χ0v) is 16.5. The second-order valence-corrected chi connectivity index (χ2v) is 6.76. The van der Waals surface area contributed by atoms with Gasteiger partial charge < -0.3 is 9.47 Å². The Hall–Kier alpha value is -3.09. The molecule has 0 fully saturated rings. The van der Waals surface area contributed by atoms with E-state index in [4.69, 9.17) is 9.47 Å². The lowest BCUT2D eigenvalue weighted by molar-refractivity contribution is 0.0846. The number of hydrazine groups is 1. The molecule has 0 atom stereocenters. The van der Waals surface area contributed by atoms with E-state index in [1.165, 1.54) is 25.3 Å². The van der Waals surface area contributed by atoms with Crippen molar-refractivity contribution in [3.05, 3.63) is 58.9 Å². The van der Waals surface area contributed by atoms with Crippen LogP contribution in [0.15, 0.2) is 36.4 Å². The second-order valence-electron chi connectivity index (χ2n) is 6.76. The fraction of sp³-hybridized carbons (Fsp3) is 0.333. The van der Waals surface area contributed by atoms with Gasteiger partial charge in [0, 0.05) is 11.1 Å². The van der Waals surface area contributed by atoms with Crippen LogP contribution < -0.4 is 20.3 Å². The van der Waals surface area contributed by atoms with Gasteiger partial charge in [0.05, 0.1) is 13.7 Å². The topological polar surface area (TPSA) is 76.7 Å². The number of halogens is 1. The molecule has 0 bridgehead atoms. The first-order valence-electron chi connectivity index (χ1n) is 8.99. The molecule has 0 radical (unpaired) electrons. The van der Waals surface area contributed by atoms with Crippen LogP contribution in [-0.2, 0) is 0 Å². The Balaban J connectivity index is 2.01. The van der Waals surface area contributed by atoms with E-state index >= 15 is 0 Å². The zero-order valence-electron chi connectivity index (χ0n) is 16.5. The lowest BCUT2D eigenvalue weighted by Gasteiger charge is -2.13. The standard InChI is InChI=1S/C21H25FN2O4/c1-13(2)9-10-28-18-8-6-15(11-19(18)27-4)20(25)23-24-21(26)17-12-16(22)7-5-14(17)3/h5-8,11-13H,9-10H2,1-4H3,(H,23,25)(H,24,26). The minimum Gasteiger partial charge on any atom is -0.493 e. The lowest BCUT2D eigenvalue weighted by Crippen LogP contribution is -2.41. The van der Waals surface area contributed by atoms with Crippen LogP contribution in [0.3, 0.4) is 0 Å². The predicted molar refractivity (Wildman–Crippen MR) is 104 cm³/mol. The normalized spacial score (nSPS) is 10.5. The number of methoxy groups -OCH3 is 1. The molecule has 0 aliphatic heterocycles. The summed E-state index contributed by atoms with van der Waals surface area (Å²) in [5.74, 6) is -0.190. The Morgan fingerprint density at radius 3 is 2.43 bits per heavy atom. The van der Waals surface area contributed by atoms with Crippen LogP contribution in [0.1, 0.15) is 46.5 Å². The van der Waals surface area contributed by atoms with Crippen LogP contribution in [0, 0.1) is 18.7 Å². The van der Waals surface area contributed by atoms with Crippen molar-refractivity contribution in [1.82, 2.24) is 10.9 Å². The summed E-state index contributed by atoms with van der Waals surface area (Å²) in [6.45, 7) is 6.43. The van der Waals surface area contributed by atoms with Gasteiger partial charge in [0.15, 0.2) is 11.5 Å². The lowest BCUT2D eigenvalue weighted by atomic mass is 10.1. The first-order valence-corrected chi connectivity index (χ1v) is 8.99. The van der Waals surface area contributed by atoms with Gasteiger partial charge in [-0.1, -0.05) is 19.9 Å². The molecule has 0 aliphatic carbocycles. The highest BCUT2D eigenvalue weighted by atomic mass is 19.1. The number of nitrogens with one attached hydrogen (secondary N) is 2. The van der Waals surface area contributed by atoms with Gasteiger partial charge in [-0.05, 0) is 55.2 Å². The third-order valence-electron chi connectivity index (χ3n) is 4.11. The van der Waals surface area contributed by atoms with Crippen molar-refractivity contribution in [2.45, 2.75) is 27.2 Å². The summed E-state index contributed by atoms with van der Waals surface area (Å²) < 4.78 is 24.3. The molecule has 0 saturated carbocycles. The minimum absolute atomic E-state index is 0.145. The molecule has 0 unspecified atom stereocenters. The van der Waals surface area contributed by atoms with Crippen molar-refractivity contribution in [2.24, 2.45) is 5.92 Å². The predicted octanol–water partition coefficient (Wildman–Crippen LogP) is 3.64.